The molecule has 3 nitrogen and oxygen atoms in total. The minimum absolute atomic E-state index is 0.509. The summed E-state index contributed by atoms with van der Waals surface area (Å²) in [5.74, 6) is 0. The Balaban J connectivity index is 2.36. The monoisotopic (exact) mass is 258 g/mol. The van der Waals surface area contributed by atoms with Crippen LogP contribution in [0.3, 0.4) is 0 Å². The van der Waals surface area contributed by atoms with Crippen LogP contribution < -0.4 is 4.90 Å². The predicted molar refractivity (Wildman–Crippen MR) is 63.0 cm³/mol. The lowest BCUT2D eigenvalue weighted by Crippen LogP contribution is -2.29. The molecular weight excluding hydrogens is 245 g/mol. The first-order valence-corrected chi connectivity index (χ1v) is 5.82. The number of hydrogen-bond acceptors (Lipinski definition) is 3. The molecule has 0 aromatic heterocycles. The normalized spacial score (nSPS) is 16.7. The van der Waals surface area contributed by atoms with Gasteiger partial charge in [-0.05, 0) is 42.6 Å². The number of benzene rings is 1. The van der Waals surface area contributed by atoms with Gasteiger partial charge in [-0.1, -0.05) is 0 Å². The van der Waals surface area contributed by atoms with Crippen molar-refractivity contribution >= 4 is 11.4 Å². The van der Waals surface area contributed by atoms with Gasteiger partial charge in [-0.3, -0.25) is 0 Å². The Bertz CT molecular complexity index is 439. The molecule has 6 heteroatoms. The van der Waals surface area contributed by atoms with Crippen LogP contribution in [0.2, 0.25) is 0 Å². The van der Waals surface area contributed by atoms with Crippen molar-refractivity contribution in [2.45, 2.75) is 25.4 Å². The zero-order valence-corrected chi connectivity index (χ0v) is 9.70. The number of piperidine rings is 1. The van der Waals surface area contributed by atoms with Crippen molar-refractivity contribution in [3.63, 3.8) is 0 Å². The number of rotatable bonds is 2. The molecule has 0 bridgehead atoms. The molecule has 0 unspecified atom stereocenters. The van der Waals surface area contributed by atoms with Crippen LogP contribution in [0.4, 0.5) is 24.5 Å². The first-order chi connectivity index (χ1) is 8.52. The molecule has 0 spiro atoms. The number of alkyl halides is 3. The van der Waals surface area contributed by atoms with E-state index in [1.807, 2.05) is 4.90 Å². The predicted octanol–water partition coefficient (Wildman–Crippen LogP) is 4.09. The van der Waals surface area contributed by atoms with Gasteiger partial charge in [0, 0.05) is 18.8 Å². The molecule has 0 N–H and O–H groups in total. The average molecular weight is 258 g/mol. The Morgan fingerprint density at radius 3 is 2.33 bits per heavy atom. The van der Waals surface area contributed by atoms with E-state index in [2.05, 4.69) is 5.18 Å². The lowest BCUT2D eigenvalue weighted by Gasteiger charge is -2.29. The van der Waals surface area contributed by atoms with Crippen LogP contribution in [0.25, 0.3) is 0 Å². The van der Waals surface area contributed by atoms with E-state index < -0.39 is 17.4 Å². The summed E-state index contributed by atoms with van der Waals surface area (Å²) < 4.78 is 38.3. The van der Waals surface area contributed by atoms with E-state index in [4.69, 9.17) is 0 Å². The van der Waals surface area contributed by atoms with Crippen LogP contribution in [0.15, 0.2) is 23.4 Å². The van der Waals surface area contributed by atoms with Crippen molar-refractivity contribution in [1.29, 1.82) is 0 Å². The van der Waals surface area contributed by atoms with E-state index in [0.717, 1.165) is 44.5 Å². The summed E-state index contributed by atoms with van der Waals surface area (Å²) in [6.45, 7) is 1.51. The van der Waals surface area contributed by atoms with Crippen molar-refractivity contribution in [2.24, 2.45) is 5.18 Å². The SMILES string of the molecule is O=Nc1ccc(N2CCCCC2)cc1C(F)(F)F. The van der Waals surface area contributed by atoms with Crippen LogP contribution in [-0.4, -0.2) is 13.1 Å². The third-order valence-electron chi connectivity index (χ3n) is 3.11. The topological polar surface area (TPSA) is 32.7 Å². The fraction of sp³-hybridized carbons (Fsp3) is 0.500. The minimum atomic E-state index is -4.55. The number of halogens is 3. The third-order valence-corrected chi connectivity index (χ3v) is 3.11. The van der Waals surface area contributed by atoms with Crippen molar-refractivity contribution in [2.75, 3.05) is 18.0 Å². The summed E-state index contributed by atoms with van der Waals surface area (Å²) in [6, 6.07) is 3.68. The third kappa shape index (κ3) is 2.63. The molecule has 1 fully saturated rings. The summed E-state index contributed by atoms with van der Waals surface area (Å²) in [6.07, 6.45) is -1.48. The van der Waals surface area contributed by atoms with Crippen molar-refractivity contribution in [1.82, 2.24) is 0 Å². The highest BCUT2D eigenvalue weighted by atomic mass is 19.4. The first-order valence-electron chi connectivity index (χ1n) is 5.82. The van der Waals surface area contributed by atoms with E-state index >= 15 is 0 Å². The maximum absolute atomic E-state index is 12.8. The lowest BCUT2D eigenvalue weighted by molar-refractivity contribution is -0.137. The molecule has 1 aromatic rings. The lowest BCUT2D eigenvalue weighted by atomic mass is 10.1. The zero-order valence-electron chi connectivity index (χ0n) is 9.70. The van der Waals surface area contributed by atoms with Gasteiger partial charge in [0.25, 0.3) is 0 Å². The second kappa shape index (κ2) is 4.96. The highest BCUT2D eigenvalue weighted by molar-refractivity contribution is 5.59. The summed E-state index contributed by atoms with van der Waals surface area (Å²) in [7, 11) is 0. The van der Waals surface area contributed by atoms with Gasteiger partial charge in [-0.25, -0.2) is 0 Å². The smallest absolute Gasteiger partial charge is 0.372 e. The summed E-state index contributed by atoms with van der Waals surface area (Å²) >= 11 is 0. The van der Waals surface area contributed by atoms with Gasteiger partial charge in [0.1, 0.15) is 5.69 Å². The van der Waals surface area contributed by atoms with Gasteiger partial charge in [0.2, 0.25) is 0 Å². The maximum atomic E-state index is 12.8. The molecule has 0 saturated carbocycles. The largest absolute Gasteiger partial charge is 0.418 e. The number of nitroso groups, excluding NO2 is 1. The molecule has 0 radical (unpaired) electrons. The Morgan fingerprint density at radius 2 is 1.78 bits per heavy atom. The van der Waals surface area contributed by atoms with Gasteiger partial charge in [0.05, 0.1) is 5.56 Å². The van der Waals surface area contributed by atoms with Crippen molar-refractivity contribution in [3.8, 4) is 0 Å². The van der Waals surface area contributed by atoms with Gasteiger partial charge in [-0.2, -0.15) is 13.2 Å². The van der Waals surface area contributed by atoms with Crippen LogP contribution in [0.1, 0.15) is 24.8 Å². The van der Waals surface area contributed by atoms with E-state index in [1.54, 1.807) is 0 Å². The van der Waals surface area contributed by atoms with E-state index in [-0.39, 0.29) is 0 Å². The zero-order chi connectivity index (χ0) is 13.2. The maximum Gasteiger partial charge on any atom is 0.418 e. The van der Waals surface area contributed by atoms with Gasteiger partial charge in [0.15, 0.2) is 0 Å². The molecule has 1 saturated heterocycles. The van der Waals surface area contributed by atoms with Gasteiger partial charge in [-0.15, -0.1) is 4.91 Å². The summed E-state index contributed by atoms with van der Waals surface area (Å²) in [5, 5.41) is 2.43. The Hall–Kier alpha value is -1.59. The summed E-state index contributed by atoms with van der Waals surface area (Å²) in [5.41, 5.74) is -1.00. The fourth-order valence-corrected chi connectivity index (χ4v) is 2.18. The fourth-order valence-electron chi connectivity index (χ4n) is 2.18. The van der Waals surface area contributed by atoms with Crippen LogP contribution in [0.5, 0.6) is 0 Å². The van der Waals surface area contributed by atoms with E-state index in [1.165, 1.54) is 6.07 Å². The van der Waals surface area contributed by atoms with Crippen LogP contribution in [0, 0.1) is 4.91 Å². The molecule has 0 aliphatic carbocycles. The van der Waals surface area contributed by atoms with Crippen molar-refractivity contribution < 1.29 is 13.2 Å². The summed E-state index contributed by atoms with van der Waals surface area (Å²) in [4.78, 5) is 12.3. The molecule has 1 aliphatic rings. The second-order valence-corrected chi connectivity index (χ2v) is 4.34. The second-order valence-electron chi connectivity index (χ2n) is 4.34. The highest BCUT2D eigenvalue weighted by Crippen LogP contribution is 2.38. The Morgan fingerprint density at radius 1 is 1.11 bits per heavy atom. The molecule has 0 amide bonds. The Kier molecular flexibility index (Phi) is 3.54. The number of hydrogen-bond donors (Lipinski definition) is 0. The van der Waals surface area contributed by atoms with Gasteiger partial charge >= 0.3 is 6.18 Å². The average Bonchev–Trinajstić information content (AvgIpc) is 2.38. The Labute approximate surface area is 103 Å². The standard InChI is InChI=1S/C12H13F3N2O/c13-12(14,15)10-8-9(4-5-11(10)16-18)17-6-2-1-3-7-17/h4-5,8H,1-3,6-7H2. The van der Waals surface area contributed by atoms with E-state index in [0.29, 0.717) is 5.69 Å². The highest BCUT2D eigenvalue weighted by Gasteiger charge is 2.34. The molecule has 2 rings (SSSR count). The molecule has 1 aliphatic heterocycles. The quantitative estimate of drug-likeness (QED) is 0.748. The van der Waals surface area contributed by atoms with Crippen LogP contribution in [-0.2, 0) is 6.18 Å². The van der Waals surface area contributed by atoms with Gasteiger partial charge < -0.3 is 4.90 Å². The molecule has 0 atom stereocenters. The van der Waals surface area contributed by atoms with E-state index in [9.17, 15) is 18.1 Å². The molecule has 1 aromatic carbocycles. The minimum Gasteiger partial charge on any atom is -0.372 e. The number of nitrogens with zero attached hydrogens (tertiary/aromatic N) is 2. The molecular formula is C12H13F3N2O. The first kappa shape index (κ1) is 12.9. The molecule has 18 heavy (non-hydrogen) atoms. The van der Waals surface area contributed by atoms with Crippen LogP contribution >= 0.6 is 0 Å². The number of anilines is 1. The van der Waals surface area contributed by atoms with Crippen molar-refractivity contribution in [3.05, 3.63) is 28.7 Å². The molecule has 1 heterocycles. The molecule has 98 valence electrons.